The fourth-order valence-corrected chi connectivity index (χ4v) is 2.25. The maximum atomic E-state index is 3.46. The number of hydrogen-bond donors (Lipinski definition) is 2. The van der Waals surface area contributed by atoms with E-state index >= 15 is 0 Å². The van der Waals surface area contributed by atoms with Crippen LogP contribution < -0.4 is 8.55 Å². The van der Waals surface area contributed by atoms with Crippen molar-refractivity contribution in [2.45, 2.75) is 39.5 Å². The van der Waals surface area contributed by atoms with Crippen molar-refractivity contribution >= 4 is 15.9 Å². The van der Waals surface area contributed by atoms with Crippen LogP contribution in [-0.2, 0) is 0 Å². The van der Waals surface area contributed by atoms with E-state index in [4.69, 9.17) is 0 Å². The summed E-state index contributed by atoms with van der Waals surface area (Å²) < 4.78 is 6.92. The molecule has 2 radical (unpaired) electrons. The summed E-state index contributed by atoms with van der Waals surface area (Å²) in [5.74, 6) is 0. The van der Waals surface area contributed by atoms with E-state index in [2.05, 4.69) is 22.4 Å². The first kappa shape index (κ1) is 11.5. The third-order valence-corrected chi connectivity index (χ3v) is 3.28. The van der Waals surface area contributed by atoms with Crippen molar-refractivity contribution in [3.8, 4) is 0 Å². The summed E-state index contributed by atoms with van der Waals surface area (Å²) in [5.41, 5.74) is 0. The molecular formula is C8H20GeN2. The van der Waals surface area contributed by atoms with Gasteiger partial charge < -0.3 is 0 Å². The Kier molecular flexibility index (Phi) is 10.9. The van der Waals surface area contributed by atoms with Gasteiger partial charge in [-0.1, -0.05) is 0 Å². The molecule has 0 atom stereocenters. The van der Waals surface area contributed by atoms with Crippen molar-refractivity contribution in [1.82, 2.24) is 8.55 Å². The van der Waals surface area contributed by atoms with Crippen LogP contribution in [0.15, 0.2) is 0 Å². The van der Waals surface area contributed by atoms with Gasteiger partial charge in [0.2, 0.25) is 0 Å². The van der Waals surface area contributed by atoms with Crippen LogP contribution in [0, 0.1) is 0 Å². The van der Waals surface area contributed by atoms with Crippen LogP contribution in [0.2, 0.25) is 0 Å². The summed E-state index contributed by atoms with van der Waals surface area (Å²) in [6.07, 6.45) is 5.24. The molecule has 0 aromatic rings. The minimum absolute atomic E-state index is 0.0192. The quantitative estimate of drug-likeness (QED) is 0.472. The third kappa shape index (κ3) is 10.5. The van der Waals surface area contributed by atoms with E-state index in [1.54, 1.807) is 0 Å². The molecule has 0 bridgehead atoms. The molecule has 0 amide bonds. The topological polar surface area (TPSA) is 24.1 Å². The molecule has 0 aromatic heterocycles. The Morgan fingerprint density at radius 3 is 1.73 bits per heavy atom. The molecule has 0 saturated carbocycles. The van der Waals surface area contributed by atoms with Gasteiger partial charge in [-0.25, -0.2) is 0 Å². The molecule has 0 rings (SSSR count). The van der Waals surface area contributed by atoms with Crippen molar-refractivity contribution in [3.63, 3.8) is 0 Å². The standard InChI is InChI=1S/C8H20GeN2/c1-3-5-7-10-9-11-8-6-4-2/h10-11H,3-8H2,1-2H3. The van der Waals surface area contributed by atoms with E-state index < -0.39 is 0 Å². The summed E-state index contributed by atoms with van der Waals surface area (Å²) in [5, 5.41) is 0. The van der Waals surface area contributed by atoms with Crippen molar-refractivity contribution in [3.05, 3.63) is 0 Å². The van der Waals surface area contributed by atoms with E-state index in [1.807, 2.05) is 0 Å². The number of nitrogens with one attached hydrogen (secondary N) is 2. The zero-order chi connectivity index (χ0) is 8.36. The van der Waals surface area contributed by atoms with Gasteiger partial charge in [0.25, 0.3) is 0 Å². The van der Waals surface area contributed by atoms with Crippen LogP contribution in [-0.4, -0.2) is 29.0 Å². The molecule has 2 N–H and O–H groups in total. The van der Waals surface area contributed by atoms with Crippen LogP contribution in [0.5, 0.6) is 0 Å². The Labute approximate surface area is 77.4 Å². The van der Waals surface area contributed by atoms with Crippen LogP contribution in [0.1, 0.15) is 39.5 Å². The first-order chi connectivity index (χ1) is 5.41. The van der Waals surface area contributed by atoms with E-state index in [0.717, 1.165) is 0 Å². The fourth-order valence-electron chi connectivity index (χ4n) is 0.718. The first-order valence-corrected chi connectivity index (χ1v) is 6.72. The Morgan fingerprint density at radius 2 is 1.36 bits per heavy atom. The van der Waals surface area contributed by atoms with Gasteiger partial charge in [0, 0.05) is 0 Å². The SMILES string of the molecule is CCCC[NH][Ge][NH]CCCC. The number of rotatable bonds is 8. The van der Waals surface area contributed by atoms with E-state index in [1.165, 1.54) is 38.8 Å². The van der Waals surface area contributed by atoms with E-state index in [-0.39, 0.29) is 15.9 Å². The van der Waals surface area contributed by atoms with Crippen molar-refractivity contribution in [2.75, 3.05) is 13.1 Å². The van der Waals surface area contributed by atoms with Crippen LogP contribution in [0.3, 0.4) is 0 Å². The second-order valence-corrected chi connectivity index (χ2v) is 4.69. The van der Waals surface area contributed by atoms with E-state index in [0.29, 0.717) is 0 Å². The number of hydrogen-bond acceptors (Lipinski definition) is 2. The average molecular weight is 217 g/mol. The molecule has 0 spiro atoms. The van der Waals surface area contributed by atoms with Crippen molar-refractivity contribution in [2.24, 2.45) is 0 Å². The molecular weight excluding hydrogens is 197 g/mol. The molecule has 0 heterocycles. The minimum atomic E-state index is -0.0192. The van der Waals surface area contributed by atoms with Gasteiger partial charge in [0.1, 0.15) is 0 Å². The second kappa shape index (κ2) is 10.5. The van der Waals surface area contributed by atoms with Crippen LogP contribution >= 0.6 is 0 Å². The molecule has 2 nitrogen and oxygen atoms in total. The Morgan fingerprint density at radius 1 is 0.909 bits per heavy atom. The van der Waals surface area contributed by atoms with Gasteiger partial charge in [-0.05, 0) is 0 Å². The second-order valence-electron chi connectivity index (χ2n) is 2.69. The maximum absolute atomic E-state index is 3.46. The summed E-state index contributed by atoms with van der Waals surface area (Å²) in [6.45, 7) is 6.86. The van der Waals surface area contributed by atoms with Gasteiger partial charge in [-0.2, -0.15) is 0 Å². The molecule has 0 saturated heterocycles. The monoisotopic (exact) mass is 218 g/mol. The summed E-state index contributed by atoms with van der Waals surface area (Å²) in [6, 6.07) is 0. The van der Waals surface area contributed by atoms with Gasteiger partial charge in [-0.15, -0.1) is 0 Å². The van der Waals surface area contributed by atoms with Gasteiger partial charge in [0.05, 0.1) is 0 Å². The number of unbranched alkanes of at least 4 members (excludes halogenated alkanes) is 2. The Bertz CT molecular complexity index is 61.1. The van der Waals surface area contributed by atoms with Gasteiger partial charge in [0.15, 0.2) is 0 Å². The van der Waals surface area contributed by atoms with Crippen LogP contribution in [0.25, 0.3) is 0 Å². The zero-order valence-electron chi connectivity index (χ0n) is 7.74. The normalized spacial score (nSPS) is 10.4. The fraction of sp³-hybridized carbons (Fsp3) is 1.00. The molecule has 0 aliphatic rings. The van der Waals surface area contributed by atoms with E-state index in [9.17, 15) is 0 Å². The Hall–Kier alpha value is 0.463. The Balaban J connectivity index is 2.69. The molecule has 0 aromatic carbocycles. The molecule has 0 aliphatic heterocycles. The first-order valence-electron chi connectivity index (χ1n) is 4.62. The molecule has 3 heteroatoms. The summed E-state index contributed by atoms with van der Waals surface area (Å²) >= 11 is -0.0192. The molecule has 0 fully saturated rings. The molecule has 66 valence electrons. The van der Waals surface area contributed by atoms with Crippen molar-refractivity contribution in [1.29, 1.82) is 0 Å². The van der Waals surface area contributed by atoms with Crippen LogP contribution in [0.4, 0.5) is 0 Å². The van der Waals surface area contributed by atoms with Crippen molar-refractivity contribution < 1.29 is 0 Å². The summed E-state index contributed by atoms with van der Waals surface area (Å²) in [7, 11) is 0. The average Bonchev–Trinajstić information content (AvgIpc) is 2.03. The molecule has 0 unspecified atom stereocenters. The zero-order valence-corrected chi connectivity index (χ0v) is 9.84. The molecule has 11 heavy (non-hydrogen) atoms. The molecule has 0 aliphatic carbocycles. The summed E-state index contributed by atoms with van der Waals surface area (Å²) in [4.78, 5) is 0. The third-order valence-electron chi connectivity index (χ3n) is 1.49. The predicted molar refractivity (Wildman–Crippen MR) is 51.6 cm³/mol. The van der Waals surface area contributed by atoms with Gasteiger partial charge in [-0.3, -0.25) is 0 Å². The van der Waals surface area contributed by atoms with Gasteiger partial charge >= 0.3 is 77.0 Å². The predicted octanol–water partition coefficient (Wildman–Crippen LogP) is 1.30.